The molecule has 20 heavy (non-hydrogen) atoms. The van der Waals surface area contributed by atoms with Crippen molar-refractivity contribution >= 4 is 45.7 Å². The molecule has 0 bridgehead atoms. The van der Waals surface area contributed by atoms with E-state index in [1.807, 2.05) is 38.1 Å². The van der Waals surface area contributed by atoms with Crippen LogP contribution in [0.4, 0.5) is 5.13 Å². The number of aryl methyl sites for hydroxylation is 1. The zero-order valence-corrected chi connectivity index (χ0v) is 13.4. The molecule has 2 aromatic rings. The van der Waals surface area contributed by atoms with Crippen molar-refractivity contribution < 1.29 is 4.79 Å². The predicted molar refractivity (Wildman–Crippen MR) is 85.6 cm³/mol. The van der Waals surface area contributed by atoms with E-state index in [0.29, 0.717) is 5.02 Å². The molecule has 1 aromatic heterocycles. The molecule has 1 fully saturated rings. The molecule has 0 N–H and O–H groups in total. The van der Waals surface area contributed by atoms with Crippen molar-refractivity contribution in [3.05, 3.63) is 45.9 Å². The smallest absolute Gasteiger partial charge is 0.242 e. The number of carbonyl (C=O) groups is 1. The van der Waals surface area contributed by atoms with Crippen LogP contribution in [0.3, 0.4) is 0 Å². The molecular weight excluding hydrogens is 312 g/mol. The van der Waals surface area contributed by atoms with Crippen LogP contribution >= 0.6 is 34.7 Å². The van der Waals surface area contributed by atoms with Crippen molar-refractivity contribution in [1.82, 2.24) is 4.98 Å². The van der Waals surface area contributed by atoms with Gasteiger partial charge in [0.2, 0.25) is 5.91 Å². The largest absolute Gasteiger partial charge is 0.273 e. The second kappa shape index (κ2) is 5.39. The maximum atomic E-state index is 12.4. The zero-order valence-electron chi connectivity index (χ0n) is 11.0. The van der Waals surface area contributed by atoms with E-state index in [4.69, 9.17) is 11.6 Å². The summed E-state index contributed by atoms with van der Waals surface area (Å²) in [7, 11) is 0. The van der Waals surface area contributed by atoms with E-state index < -0.39 is 0 Å². The predicted octanol–water partition coefficient (Wildman–Crippen LogP) is 4.27. The molecule has 1 aliphatic heterocycles. The topological polar surface area (TPSA) is 33.2 Å². The van der Waals surface area contributed by atoms with Crippen LogP contribution in [0.15, 0.2) is 30.5 Å². The van der Waals surface area contributed by atoms with Gasteiger partial charge >= 0.3 is 0 Å². The Hall–Kier alpha value is -1.04. The summed E-state index contributed by atoms with van der Waals surface area (Å²) >= 11 is 9.13. The van der Waals surface area contributed by atoms with Crippen LogP contribution in [0.2, 0.25) is 5.02 Å². The summed E-state index contributed by atoms with van der Waals surface area (Å²) in [5.41, 5.74) is 1.07. The quantitative estimate of drug-likeness (QED) is 0.827. The minimum atomic E-state index is -0.0557. The summed E-state index contributed by atoms with van der Waals surface area (Å²) in [5.74, 6) is 0.115. The van der Waals surface area contributed by atoms with E-state index in [2.05, 4.69) is 4.98 Å². The summed E-state index contributed by atoms with van der Waals surface area (Å²) in [6.45, 7) is 3.94. The number of benzene rings is 1. The number of thiazole rings is 1. The van der Waals surface area contributed by atoms with E-state index in [1.165, 1.54) is 0 Å². The molecule has 1 aromatic carbocycles. The summed E-state index contributed by atoms with van der Waals surface area (Å²) in [5, 5.41) is 1.39. The number of amides is 1. The fraction of sp³-hybridized carbons (Fsp3) is 0.286. The molecule has 1 saturated heterocycles. The monoisotopic (exact) mass is 324 g/mol. The summed E-state index contributed by atoms with van der Waals surface area (Å²) in [6.07, 6.45) is 1.81. The van der Waals surface area contributed by atoms with Gasteiger partial charge in [0.05, 0.1) is 5.25 Å². The Balaban J connectivity index is 2.00. The number of rotatable bonds is 2. The standard InChI is InChI=1S/C14H13ClN2OS2/c1-8-7-16-14(19-8)17-12(18)9(2)20-13(17)10-3-5-11(15)6-4-10/h3-7,9,13H,1-2H3. The van der Waals surface area contributed by atoms with Crippen molar-refractivity contribution in [3.63, 3.8) is 0 Å². The van der Waals surface area contributed by atoms with Crippen molar-refractivity contribution in [3.8, 4) is 0 Å². The third kappa shape index (κ3) is 2.45. The third-order valence-corrected chi connectivity index (χ3v) is 5.64. The highest BCUT2D eigenvalue weighted by molar-refractivity contribution is 8.01. The molecule has 3 rings (SSSR count). The highest BCUT2D eigenvalue weighted by atomic mass is 35.5. The number of aromatic nitrogens is 1. The van der Waals surface area contributed by atoms with Crippen LogP contribution in [0, 0.1) is 6.92 Å². The molecule has 2 unspecified atom stereocenters. The number of thioether (sulfide) groups is 1. The van der Waals surface area contributed by atoms with Crippen LogP contribution in [0.25, 0.3) is 0 Å². The van der Waals surface area contributed by atoms with Gasteiger partial charge in [0, 0.05) is 16.1 Å². The van der Waals surface area contributed by atoms with Gasteiger partial charge in [0.15, 0.2) is 5.13 Å². The lowest BCUT2D eigenvalue weighted by Crippen LogP contribution is -2.29. The average molecular weight is 325 g/mol. The van der Waals surface area contributed by atoms with Crippen LogP contribution in [0.1, 0.15) is 22.7 Å². The fourth-order valence-corrected chi connectivity index (χ4v) is 4.37. The van der Waals surface area contributed by atoms with E-state index in [9.17, 15) is 4.79 Å². The Kier molecular flexibility index (Phi) is 3.75. The fourth-order valence-electron chi connectivity index (χ4n) is 2.13. The van der Waals surface area contributed by atoms with Crippen LogP contribution in [-0.2, 0) is 4.79 Å². The Morgan fingerprint density at radius 1 is 1.30 bits per heavy atom. The van der Waals surface area contributed by atoms with Gasteiger partial charge in [-0.15, -0.1) is 23.1 Å². The van der Waals surface area contributed by atoms with Gasteiger partial charge in [-0.2, -0.15) is 0 Å². The Bertz CT molecular complexity index is 641. The first-order chi connectivity index (χ1) is 9.56. The minimum absolute atomic E-state index is 0.0275. The molecule has 0 aliphatic carbocycles. The first-order valence-electron chi connectivity index (χ1n) is 6.22. The maximum absolute atomic E-state index is 12.4. The number of hydrogen-bond acceptors (Lipinski definition) is 4. The number of carbonyl (C=O) groups excluding carboxylic acids is 1. The van der Waals surface area contributed by atoms with Gasteiger partial charge in [0.1, 0.15) is 5.37 Å². The van der Waals surface area contributed by atoms with E-state index in [1.54, 1.807) is 34.2 Å². The van der Waals surface area contributed by atoms with Gasteiger partial charge in [-0.05, 0) is 31.5 Å². The second-order valence-corrected chi connectivity index (χ2v) is 7.72. The Morgan fingerprint density at radius 2 is 2.00 bits per heavy atom. The average Bonchev–Trinajstić information content (AvgIpc) is 2.96. The van der Waals surface area contributed by atoms with E-state index >= 15 is 0 Å². The van der Waals surface area contributed by atoms with Crippen molar-refractivity contribution in [2.24, 2.45) is 0 Å². The Morgan fingerprint density at radius 3 is 2.60 bits per heavy atom. The molecule has 6 heteroatoms. The van der Waals surface area contributed by atoms with Crippen molar-refractivity contribution in [2.75, 3.05) is 4.90 Å². The molecule has 2 atom stereocenters. The highest BCUT2D eigenvalue weighted by Gasteiger charge is 2.40. The third-order valence-electron chi connectivity index (χ3n) is 3.12. The first-order valence-corrected chi connectivity index (χ1v) is 8.36. The van der Waals surface area contributed by atoms with Gasteiger partial charge < -0.3 is 0 Å². The van der Waals surface area contributed by atoms with Gasteiger partial charge in [-0.25, -0.2) is 4.98 Å². The van der Waals surface area contributed by atoms with Gasteiger partial charge in [-0.3, -0.25) is 9.69 Å². The van der Waals surface area contributed by atoms with Crippen LogP contribution in [-0.4, -0.2) is 16.1 Å². The molecule has 1 aliphatic rings. The number of nitrogens with zero attached hydrogens (tertiary/aromatic N) is 2. The van der Waals surface area contributed by atoms with Gasteiger partial charge in [-0.1, -0.05) is 23.7 Å². The number of hydrogen-bond donors (Lipinski definition) is 0. The summed E-state index contributed by atoms with van der Waals surface area (Å²) < 4.78 is 0. The van der Waals surface area contributed by atoms with E-state index in [-0.39, 0.29) is 16.5 Å². The van der Waals surface area contributed by atoms with Crippen LogP contribution < -0.4 is 4.90 Å². The molecule has 3 nitrogen and oxygen atoms in total. The van der Waals surface area contributed by atoms with Crippen molar-refractivity contribution in [2.45, 2.75) is 24.5 Å². The molecule has 0 spiro atoms. The highest BCUT2D eigenvalue weighted by Crippen LogP contribution is 2.46. The summed E-state index contributed by atoms with van der Waals surface area (Å²) in [6, 6.07) is 7.66. The second-order valence-electron chi connectivity index (χ2n) is 4.64. The van der Waals surface area contributed by atoms with Gasteiger partial charge in [0.25, 0.3) is 0 Å². The molecule has 104 valence electrons. The van der Waals surface area contributed by atoms with E-state index in [0.717, 1.165) is 15.6 Å². The maximum Gasteiger partial charge on any atom is 0.242 e. The molecule has 2 heterocycles. The summed E-state index contributed by atoms with van der Waals surface area (Å²) in [4.78, 5) is 19.7. The molecule has 1 amide bonds. The lowest BCUT2D eigenvalue weighted by molar-refractivity contribution is -0.117. The molecule has 0 radical (unpaired) electrons. The zero-order chi connectivity index (χ0) is 14.3. The lowest BCUT2D eigenvalue weighted by atomic mass is 10.2. The molecular formula is C14H13ClN2OS2. The SMILES string of the molecule is Cc1cnc(N2C(=O)C(C)SC2c2ccc(Cl)cc2)s1. The Labute approximate surface area is 131 Å². The van der Waals surface area contributed by atoms with Crippen LogP contribution in [0.5, 0.6) is 0 Å². The normalized spacial score (nSPS) is 22.6. The molecule has 0 saturated carbocycles. The minimum Gasteiger partial charge on any atom is -0.273 e. The number of halogens is 1. The lowest BCUT2D eigenvalue weighted by Gasteiger charge is -2.21. The van der Waals surface area contributed by atoms with Crippen molar-refractivity contribution in [1.29, 1.82) is 0 Å². The first kappa shape index (κ1) is 13.9. The number of anilines is 1.